The number of nitrogens with one attached hydrogen (secondary N) is 3. The van der Waals surface area contributed by atoms with Gasteiger partial charge in [0, 0.05) is 19.1 Å². The summed E-state index contributed by atoms with van der Waals surface area (Å²) in [6.45, 7) is 4.51. The lowest BCUT2D eigenvalue weighted by molar-refractivity contribution is -0.134. The van der Waals surface area contributed by atoms with Crippen LogP contribution in [0.5, 0.6) is 0 Å². The van der Waals surface area contributed by atoms with Crippen molar-refractivity contribution in [2.75, 3.05) is 19.6 Å². The maximum Gasteiger partial charge on any atom is 0.269 e. The van der Waals surface area contributed by atoms with Crippen molar-refractivity contribution < 1.29 is 14.0 Å². The fourth-order valence-electron chi connectivity index (χ4n) is 5.17. The average Bonchev–Trinajstić information content (AvgIpc) is 3.35. The molecule has 3 unspecified atom stereocenters. The standard InChI is InChI=1S/C25H36FN5O2/c1-17-13-18(26)8-9-19(17)20-14-22(20)28-10-4-3-7-21(25(33)31-11-5-2-6-12-31)30-24(32)23-15-27-16-29-23/h8-9,13,15-17,19-22,28H,2-7,10-12,14H2,1H3,(H,27,29)(H,30,32)/t17?,19?,20-,21-,22?/m0/s1. The van der Waals surface area contributed by atoms with Gasteiger partial charge in [0.1, 0.15) is 17.6 Å². The Balaban J connectivity index is 1.21. The molecule has 2 fully saturated rings. The van der Waals surface area contributed by atoms with Gasteiger partial charge >= 0.3 is 0 Å². The van der Waals surface area contributed by atoms with Crippen molar-refractivity contribution in [2.24, 2.45) is 17.8 Å². The van der Waals surface area contributed by atoms with E-state index in [-0.39, 0.29) is 23.6 Å². The molecule has 1 aliphatic heterocycles. The van der Waals surface area contributed by atoms with Crippen molar-refractivity contribution in [1.29, 1.82) is 0 Å². The number of imidazole rings is 1. The largest absolute Gasteiger partial charge is 0.341 e. The molecule has 0 aromatic carbocycles. The number of halogens is 1. The summed E-state index contributed by atoms with van der Waals surface area (Å²) in [7, 11) is 0. The second-order valence-corrected chi connectivity index (χ2v) is 9.68. The summed E-state index contributed by atoms with van der Waals surface area (Å²) in [6, 6.07) is -0.0231. The predicted molar refractivity (Wildman–Crippen MR) is 125 cm³/mol. The molecule has 1 aromatic heterocycles. The first kappa shape index (κ1) is 23.7. The molecule has 8 heteroatoms. The van der Waals surface area contributed by atoms with Crippen molar-refractivity contribution in [1.82, 2.24) is 25.5 Å². The van der Waals surface area contributed by atoms with Gasteiger partial charge in [-0.1, -0.05) is 13.0 Å². The number of aromatic nitrogens is 2. The van der Waals surface area contributed by atoms with E-state index in [1.165, 1.54) is 12.5 Å². The van der Waals surface area contributed by atoms with Crippen LogP contribution in [-0.2, 0) is 4.79 Å². The number of unbranched alkanes of at least 4 members (excludes halogenated alkanes) is 1. The Labute approximate surface area is 195 Å². The van der Waals surface area contributed by atoms with Crippen LogP contribution in [0.15, 0.2) is 36.6 Å². The van der Waals surface area contributed by atoms with Crippen molar-refractivity contribution in [3.63, 3.8) is 0 Å². The molecule has 0 bridgehead atoms. The molecule has 0 radical (unpaired) electrons. The molecule has 7 nitrogen and oxygen atoms in total. The highest BCUT2D eigenvalue weighted by Gasteiger charge is 2.43. The Morgan fingerprint density at radius 3 is 2.82 bits per heavy atom. The molecule has 4 rings (SSSR count). The van der Waals surface area contributed by atoms with Crippen LogP contribution in [0.2, 0.25) is 0 Å². The smallest absolute Gasteiger partial charge is 0.269 e. The number of nitrogens with zero attached hydrogens (tertiary/aromatic N) is 2. The fraction of sp³-hybridized carbons (Fsp3) is 0.640. The second-order valence-electron chi connectivity index (χ2n) is 9.68. The van der Waals surface area contributed by atoms with Crippen LogP contribution < -0.4 is 10.6 Å². The molecule has 1 saturated heterocycles. The zero-order valence-corrected chi connectivity index (χ0v) is 19.4. The SMILES string of the molecule is CC1C=C(F)C=CC1[C@@H]1CC1NCCCC[C@H](NC(=O)c1cnc[nH]1)C(=O)N1CCCCC1. The topological polar surface area (TPSA) is 90.1 Å². The van der Waals surface area contributed by atoms with Crippen molar-refractivity contribution in [3.05, 3.63) is 42.3 Å². The third-order valence-electron chi connectivity index (χ3n) is 7.18. The zero-order valence-electron chi connectivity index (χ0n) is 19.4. The van der Waals surface area contributed by atoms with E-state index in [9.17, 15) is 14.0 Å². The van der Waals surface area contributed by atoms with E-state index in [1.807, 2.05) is 11.0 Å². The van der Waals surface area contributed by atoms with Gasteiger partial charge in [0.05, 0.1) is 12.5 Å². The molecule has 1 aromatic rings. The zero-order chi connectivity index (χ0) is 23.2. The van der Waals surface area contributed by atoms with Crippen LogP contribution in [0.25, 0.3) is 0 Å². The van der Waals surface area contributed by atoms with E-state index in [1.54, 1.807) is 12.2 Å². The van der Waals surface area contributed by atoms with Crippen LogP contribution in [0.4, 0.5) is 4.39 Å². The second kappa shape index (κ2) is 11.1. The van der Waals surface area contributed by atoms with E-state index in [2.05, 4.69) is 27.5 Å². The highest BCUT2D eigenvalue weighted by Crippen LogP contribution is 2.44. The molecule has 180 valence electrons. The Kier molecular flexibility index (Phi) is 7.96. The predicted octanol–water partition coefficient (Wildman–Crippen LogP) is 3.34. The first-order chi connectivity index (χ1) is 16.0. The molecular weight excluding hydrogens is 421 g/mol. The monoisotopic (exact) mass is 457 g/mol. The Morgan fingerprint density at radius 1 is 1.27 bits per heavy atom. The van der Waals surface area contributed by atoms with Gasteiger partial charge in [-0.3, -0.25) is 9.59 Å². The molecule has 5 atom stereocenters. The molecule has 2 amide bonds. The minimum Gasteiger partial charge on any atom is -0.341 e. The quantitative estimate of drug-likeness (QED) is 0.470. The summed E-state index contributed by atoms with van der Waals surface area (Å²) in [4.78, 5) is 34.2. The minimum atomic E-state index is -0.512. The molecular formula is C25H36FN5O2. The van der Waals surface area contributed by atoms with Crippen LogP contribution in [-0.4, -0.2) is 58.4 Å². The van der Waals surface area contributed by atoms with Crippen molar-refractivity contribution in [3.8, 4) is 0 Å². The Morgan fingerprint density at radius 2 is 2.09 bits per heavy atom. The summed E-state index contributed by atoms with van der Waals surface area (Å²) < 4.78 is 13.4. The van der Waals surface area contributed by atoms with Crippen LogP contribution in [0.3, 0.4) is 0 Å². The van der Waals surface area contributed by atoms with Crippen LogP contribution in [0, 0.1) is 17.8 Å². The van der Waals surface area contributed by atoms with E-state index in [4.69, 9.17) is 0 Å². The number of hydrogen-bond donors (Lipinski definition) is 3. The van der Waals surface area contributed by atoms with E-state index < -0.39 is 6.04 Å². The maximum absolute atomic E-state index is 13.4. The van der Waals surface area contributed by atoms with Gasteiger partial charge in [-0.05, 0) is 81.4 Å². The van der Waals surface area contributed by atoms with Gasteiger partial charge in [0.25, 0.3) is 5.91 Å². The van der Waals surface area contributed by atoms with Crippen LogP contribution >= 0.6 is 0 Å². The third kappa shape index (κ3) is 6.31. The third-order valence-corrected chi connectivity index (χ3v) is 7.18. The molecule has 3 N–H and O–H groups in total. The number of likely N-dealkylation sites (tertiary alicyclic amines) is 1. The molecule has 2 heterocycles. The highest BCUT2D eigenvalue weighted by molar-refractivity contribution is 5.95. The number of carbonyl (C=O) groups is 2. The molecule has 2 aliphatic carbocycles. The number of piperidine rings is 1. The minimum absolute atomic E-state index is 0.0242. The van der Waals surface area contributed by atoms with Gasteiger partial charge in [0.2, 0.25) is 5.91 Å². The van der Waals surface area contributed by atoms with E-state index in [0.717, 1.165) is 58.2 Å². The van der Waals surface area contributed by atoms with Gasteiger partial charge < -0.3 is 20.5 Å². The Bertz CT molecular complexity index is 862. The average molecular weight is 458 g/mol. The van der Waals surface area contributed by atoms with Crippen LogP contribution in [0.1, 0.15) is 62.4 Å². The molecule has 1 saturated carbocycles. The lowest BCUT2D eigenvalue weighted by Gasteiger charge is -2.30. The summed E-state index contributed by atoms with van der Waals surface area (Å²) in [6.07, 6.45) is 15.0. The molecule has 3 aliphatic rings. The summed E-state index contributed by atoms with van der Waals surface area (Å²) in [5.74, 6) is 0.830. The summed E-state index contributed by atoms with van der Waals surface area (Å²) in [5, 5.41) is 6.54. The lowest BCUT2D eigenvalue weighted by Crippen LogP contribution is -2.50. The lowest BCUT2D eigenvalue weighted by atomic mass is 9.85. The van der Waals surface area contributed by atoms with Gasteiger partial charge in [0.15, 0.2) is 0 Å². The first-order valence-electron chi connectivity index (χ1n) is 12.4. The summed E-state index contributed by atoms with van der Waals surface area (Å²) in [5.41, 5.74) is 0.369. The number of rotatable bonds is 10. The number of allylic oxidation sites excluding steroid dienone is 4. The number of hydrogen-bond acceptors (Lipinski definition) is 4. The fourth-order valence-corrected chi connectivity index (χ4v) is 5.17. The van der Waals surface area contributed by atoms with Crippen molar-refractivity contribution in [2.45, 2.75) is 64.0 Å². The van der Waals surface area contributed by atoms with Gasteiger partial charge in [-0.15, -0.1) is 0 Å². The molecule has 33 heavy (non-hydrogen) atoms. The first-order valence-corrected chi connectivity index (χ1v) is 12.4. The van der Waals surface area contributed by atoms with Gasteiger partial charge in [-0.2, -0.15) is 0 Å². The maximum atomic E-state index is 13.4. The Hall–Kier alpha value is -2.48. The summed E-state index contributed by atoms with van der Waals surface area (Å²) >= 11 is 0. The number of aromatic amines is 1. The van der Waals surface area contributed by atoms with Gasteiger partial charge in [-0.25, -0.2) is 9.37 Å². The van der Waals surface area contributed by atoms with E-state index in [0.29, 0.717) is 30.0 Å². The number of amides is 2. The number of carbonyl (C=O) groups excluding carboxylic acids is 2. The highest BCUT2D eigenvalue weighted by atomic mass is 19.1. The number of H-pyrrole nitrogens is 1. The van der Waals surface area contributed by atoms with E-state index >= 15 is 0 Å². The molecule has 0 spiro atoms. The normalized spacial score (nSPS) is 27.7. The van der Waals surface area contributed by atoms with Crippen molar-refractivity contribution >= 4 is 11.8 Å².